The minimum absolute atomic E-state index is 0.0720. The van der Waals surface area contributed by atoms with Crippen LogP contribution in [0, 0.1) is 5.92 Å². The molecule has 0 bridgehead atoms. The largest absolute Gasteiger partial charge is 0.325 e. The molecule has 1 aromatic carbocycles. The molecule has 0 saturated carbocycles. The third-order valence-corrected chi connectivity index (χ3v) is 8.49. The van der Waals surface area contributed by atoms with Crippen LogP contribution in [0.25, 0.3) is 0 Å². The van der Waals surface area contributed by atoms with Crippen molar-refractivity contribution in [3.8, 4) is 0 Å². The number of fused-ring (bicyclic) bond motifs is 1. The highest BCUT2D eigenvalue weighted by atomic mass is 32.2. The molecule has 1 aliphatic heterocycles. The normalized spacial score (nSPS) is 17.4. The van der Waals surface area contributed by atoms with E-state index in [0.717, 1.165) is 22.6 Å². The lowest BCUT2D eigenvalue weighted by Gasteiger charge is -2.22. The van der Waals surface area contributed by atoms with Gasteiger partial charge in [-0.15, -0.1) is 23.1 Å². The fraction of sp³-hybridized carbons (Fsp3) is 0.421. The number of hydrogen-bond acceptors (Lipinski definition) is 5. The quantitative estimate of drug-likeness (QED) is 0.714. The van der Waals surface area contributed by atoms with Crippen LogP contribution in [0.3, 0.4) is 0 Å². The molecule has 1 amide bonds. The maximum absolute atomic E-state index is 13.3. The number of thiophene rings is 1. The molecule has 1 aliphatic rings. The Hall–Kier alpha value is -1.35. The van der Waals surface area contributed by atoms with Gasteiger partial charge in [-0.05, 0) is 36.1 Å². The molecule has 2 aromatic rings. The summed E-state index contributed by atoms with van der Waals surface area (Å²) in [6.45, 7) is 4.77. The van der Waals surface area contributed by atoms with Crippen molar-refractivity contribution in [1.82, 2.24) is 4.31 Å². The average Bonchev–Trinajstić information content (AvgIpc) is 3.11. The Kier molecular flexibility index (Phi) is 6.62. The van der Waals surface area contributed by atoms with Crippen molar-refractivity contribution in [2.75, 3.05) is 17.6 Å². The molecular weight excluding hydrogens is 400 g/mol. The Morgan fingerprint density at radius 3 is 2.81 bits per heavy atom. The van der Waals surface area contributed by atoms with Crippen LogP contribution < -0.4 is 5.32 Å². The van der Waals surface area contributed by atoms with Crippen LogP contribution in [0.2, 0.25) is 0 Å². The van der Waals surface area contributed by atoms with Crippen LogP contribution in [0.5, 0.6) is 0 Å². The Morgan fingerprint density at radius 1 is 1.30 bits per heavy atom. The fourth-order valence-corrected chi connectivity index (χ4v) is 6.08. The van der Waals surface area contributed by atoms with Gasteiger partial charge >= 0.3 is 0 Å². The van der Waals surface area contributed by atoms with Crippen molar-refractivity contribution in [3.63, 3.8) is 0 Å². The zero-order valence-corrected chi connectivity index (χ0v) is 17.9. The molecule has 0 fully saturated rings. The number of sulfonamides is 1. The lowest BCUT2D eigenvalue weighted by molar-refractivity contribution is -0.118. The van der Waals surface area contributed by atoms with Gasteiger partial charge in [-0.25, -0.2) is 8.42 Å². The summed E-state index contributed by atoms with van der Waals surface area (Å²) in [4.78, 5) is 14.3. The summed E-state index contributed by atoms with van der Waals surface area (Å²) in [5.41, 5.74) is 0.585. The second-order valence-corrected chi connectivity index (χ2v) is 10.7. The van der Waals surface area contributed by atoms with Gasteiger partial charge in [-0.2, -0.15) is 4.31 Å². The van der Waals surface area contributed by atoms with Crippen LogP contribution in [0.1, 0.15) is 31.6 Å². The maximum atomic E-state index is 13.3. The minimum atomic E-state index is -3.65. The van der Waals surface area contributed by atoms with Gasteiger partial charge in [-0.1, -0.05) is 26.3 Å². The van der Waals surface area contributed by atoms with Gasteiger partial charge in [0.2, 0.25) is 15.9 Å². The van der Waals surface area contributed by atoms with Gasteiger partial charge in [0.1, 0.15) is 0 Å². The first-order valence-corrected chi connectivity index (χ1v) is 12.3. The van der Waals surface area contributed by atoms with Crippen molar-refractivity contribution in [2.24, 2.45) is 5.92 Å². The molecule has 5 nitrogen and oxygen atoms in total. The number of hydrogen-bond donors (Lipinski definition) is 1. The van der Waals surface area contributed by atoms with Crippen LogP contribution in [-0.4, -0.2) is 30.9 Å². The molecule has 1 aromatic heterocycles. The summed E-state index contributed by atoms with van der Waals surface area (Å²) < 4.78 is 28.1. The number of amides is 1. The summed E-state index contributed by atoms with van der Waals surface area (Å²) >= 11 is 3.13. The molecule has 0 unspecified atom stereocenters. The lowest BCUT2D eigenvalue weighted by atomic mass is 10.2. The zero-order valence-electron chi connectivity index (χ0n) is 15.5. The highest BCUT2D eigenvalue weighted by Gasteiger charge is 2.27. The monoisotopic (exact) mass is 424 g/mol. The van der Waals surface area contributed by atoms with E-state index >= 15 is 0 Å². The summed E-state index contributed by atoms with van der Waals surface area (Å²) in [6.07, 6.45) is 1.73. The minimum Gasteiger partial charge on any atom is -0.325 e. The van der Waals surface area contributed by atoms with E-state index in [-0.39, 0.29) is 16.7 Å². The molecule has 0 spiro atoms. The molecule has 0 aliphatic carbocycles. The van der Waals surface area contributed by atoms with E-state index in [1.165, 1.54) is 0 Å². The highest BCUT2D eigenvalue weighted by Crippen LogP contribution is 2.35. The first-order chi connectivity index (χ1) is 12.9. The topological polar surface area (TPSA) is 66.5 Å². The molecule has 27 heavy (non-hydrogen) atoms. The number of carbonyl (C=O) groups excluding carboxylic acids is 1. The third kappa shape index (κ3) is 4.74. The smallest absolute Gasteiger partial charge is 0.243 e. The number of carbonyl (C=O) groups is 1. The first-order valence-electron chi connectivity index (χ1n) is 9.02. The Labute approximate surface area is 169 Å². The van der Waals surface area contributed by atoms with Crippen molar-refractivity contribution in [2.45, 2.75) is 43.0 Å². The molecule has 2 heterocycles. The number of benzene rings is 1. The number of nitrogens with zero attached hydrogens (tertiary/aromatic N) is 1. The van der Waals surface area contributed by atoms with Crippen molar-refractivity contribution in [3.05, 3.63) is 40.6 Å². The standard InChI is InChI=1S/C19H24N2O3S3/c1-3-4-9-21(12-15-6-5-10-25-15)27(23,24)16-7-8-18-17(11-16)20-19(22)14(2)13-26-18/h5-8,10-11,14H,3-4,9,12-13H2,1-2H3,(H,20,22)/t14-/m1/s1. The van der Waals surface area contributed by atoms with Gasteiger partial charge in [0.15, 0.2) is 0 Å². The second kappa shape index (κ2) is 8.77. The van der Waals surface area contributed by atoms with Crippen molar-refractivity contribution < 1.29 is 13.2 Å². The van der Waals surface area contributed by atoms with E-state index in [0.29, 0.717) is 24.5 Å². The fourth-order valence-electron chi connectivity index (χ4n) is 2.78. The number of unbranched alkanes of at least 4 members (excludes halogenated alkanes) is 1. The molecule has 0 saturated heterocycles. The summed E-state index contributed by atoms with van der Waals surface area (Å²) in [7, 11) is -3.65. The van der Waals surface area contributed by atoms with E-state index in [1.807, 2.05) is 31.4 Å². The molecule has 146 valence electrons. The van der Waals surface area contributed by atoms with Crippen LogP contribution in [-0.2, 0) is 21.4 Å². The maximum Gasteiger partial charge on any atom is 0.243 e. The van der Waals surface area contributed by atoms with Crippen molar-refractivity contribution >= 4 is 44.7 Å². The predicted molar refractivity (Wildman–Crippen MR) is 112 cm³/mol. The van der Waals surface area contributed by atoms with E-state index in [2.05, 4.69) is 5.32 Å². The molecular formula is C19H24N2O3S3. The molecule has 3 rings (SSSR count). The molecule has 1 atom stereocenters. The average molecular weight is 425 g/mol. The molecule has 1 N–H and O–H groups in total. The number of nitrogens with one attached hydrogen (secondary N) is 1. The van der Waals surface area contributed by atoms with E-state index in [1.54, 1.807) is 45.6 Å². The first kappa shape index (κ1) is 20.4. The summed E-state index contributed by atoms with van der Waals surface area (Å²) in [5.74, 6) is 0.505. The molecule has 8 heteroatoms. The lowest BCUT2D eigenvalue weighted by Crippen LogP contribution is -2.31. The van der Waals surface area contributed by atoms with Gasteiger partial charge in [0.25, 0.3) is 0 Å². The summed E-state index contributed by atoms with van der Waals surface area (Å²) in [6, 6.07) is 8.93. The second-order valence-electron chi connectivity index (χ2n) is 6.63. The van der Waals surface area contributed by atoms with Crippen LogP contribution in [0.15, 0.2) is 45.5 Å². The Morgan fingerprint density at radius 2 is 2.11 bits per heavy atom. The highest BCUT2D eigenvalue weighted by molar-refractivity contribution is 7.99. The number of rotatable bonds is 7. The SMILES string of the molecule is CCCCN(Cc1cccs1)S(=O)(=O)c1ccc2c(c1)NC(=O)[C@H](C)CS2. The van der Waals surface area contributed by atoms with Gasteiger partial charge < -0.3 is 5.32 Å². The Balaban J connectivity index is 1.92. The van der Waals surface area contributed by atoms with Gasteiger partial charge in [-0.3, -0.25) is 4.79 Å². The van der Waals surface area contributed by atoms with E-state index in [9.17, 15) is 13.2 Å². The van der Waals surface area contributed by atoms with Gasteiger partial charge in [0.05, 0.1) is 10.6 Å². The van der Waals surface area contributed by atoms with Crippen LogP contribution in [0.4, 0.5) is 5.69 Å². The third-order valence-electron chi connectivity index (χ3n) is 4.46. The van der Waals surface area contributed by atoms with Crippen LogP contribution >= 0.6 is 23.1 Å². The Bertz CT molecular complexity index is 895. The van der Waals surface area contributed by atoms with E-state index < -0.39 is 10.0 Å². The number of anilines is 1. The van der Waals surface area contributed by atoms with Gasteiger partial charge in [0, 0.05) is 34.5 Å². The predicted octanol–water partition coefficient (Wildman–Crippen LogP) is 4.42. The zero-order chi connectivity index (χ0) is 19.4. The van der Waals surface area contributed by atoms with Crippen molar-refractivity contribution in [1.29, 1.82) is 0 Å². The molecule has 0 radical (unpaired) electrons. The summed E-state index contributed by atoms with van der Waals surface area (Å²) in [5, 5.41) is 4.83. The number of thioether (sulfide) groups is 1. The van der Waals surface area contributed by atoms with E-state index in [4.69, 9.17) is 0 Å².